The molecule has 5 nitrogen and oxygen atoms in total. The number of phenolic OH excluding ortho intramolecular Hbond substituents is 1. The summed E-state index contributed by atoms with van der Waals surface area (Å²) < 4.78 is 40.7. The molecular weight excluding hydrogens is 533 g/mol. The zero-order chi connectivity index (χ0) is 22.0. The first kappa shape index (κ1) is 22.6. The smallest absolute Gasteiger partial charge is 0.258 e. The Kier molecular flexibility index (Phi) is 7.07. The second kappa shape index (κ2) is 9.38. The van der Waals surface area contributed by atoms with E-state index in [4.69, 9.17) is 0 Å². The Labute approximate surface area is 187 Å². The molecule has 3 N–H and O–H groups in total. The van der Waals surface area contributed by atoms with E-state index in [0.717, 1.165) is 43.9 Å². The van der Waals surface area contributed by atoms with Gasteiger partial charge in [0, 0.05) is 21.0 Å². The van der Waals surface area contributed by atoms with Crippen molar-refractivity contribution in [1.82, 2.24) is 10.6 Å². The van der Waals surface area contributed by atoms with Gasteiger partial charge in [-0.3, -0.25) is 9.59 Å². The highest BCUT2D eigenvalue weighted by Crippen LogP contribution is 2.27. The molecule has 2 aliphatic carbocycles. The van der Waals surface area contributed by atoms with Gasteiger partial charge >= 0.3 is 0 Å². The van der Waals surface area contributed by atoms with Crippen LogP contribution in [0.2, 0.25) is 0 Å². The fourth-order valence-electron chi connectivity index (χ4n) is 2.51. The average molecular weight is 550 g/mol. The summed E-state index contributed by atoms with van der Waals surface area (Å²) in [5.41, 5.74) is -0.796. The minimum absolute atomic E-state index is 0.0833. The number of hydrogen-bond donors (Lipinski definition) is 3. The van der Waals surface area contributed by atoms with Crippen LogP contribution >= 0.6 is 31.9 Å². The Bertz CT molecular complexity index is 870. The number of carbonyl (C=O) groups is 2. The molecule has 0 radical (unpaired) electrons. The summed E-state index contributed by atoms with van der Waals surface area (Å²) in [6.07, 6.45) is 3.60. The number of phenols is 1. The number of hydrogen-bond acceptors (Lipinski definition) is 3. The maximum absolute atomic E-state index is 13.4. The molecule has 4 rings (SSSR count). The van der Waals surface area contributed by atoms with Crippen LogP contribution in [0.3, 0.4) is 0 Å². The molecule has 0 atom stereocenters. The van der Waals surface area contributed by atoms with Crippen LogP contribution in [0.5, 0.6) is 5.75 Å². The third-order valence-electron chi connectivity index (χ3n) is 4.32. The van der Waals surface area contributed by atoms with E-state index in [2.05, 4.69) is 42.5 Å². The van der Waals surface area contributed by atoms with Gasteiger partial charge in [0.25, 0.3) is 11.8 Å². The van der Waals surface area contributed by atoms with E-state index < -0.39 is 34.8 Å². The predicted molar refractivity (Wildman–Crippen MR) is 111 cm³/mol. The first-order chi connectivity index (χ1) is 14.2. The third kappa shape index (κ3) is 5.98. The van der Waals surface area contributed by atoms with Gasteiger partial charge < -0.3 is 15.7 Å². The maximum Gasteiger partial charge on any atom is 0.258 e. The molecular formula is C20H17Br2F3N2O3. The summed E-state index contributed by atoms with van der Waals surface area (Å²) >= 11 is 5.98. The molecule has 0 bridgehead atoms. The molecule has 30 heavy (non-hydrogen) atoms. The standard InChI is InChI=1S/C10H8BrF2NO.C10H9BrFNO2/c11-5-3-7(12)9(8(13)4-5)10(15)14-6-1-2-6;11-5-3-7(12)9(8(14)4-5)10(15)13-6-1-2-6/h3-4,6H,1-2H2,(H,14,15);3-4,6,14H,1-2H2,(H,13,15). The lowest BCUT2D eigenvalue weighted by molar-refractivity contribution is 0.0934. The van der Waals surface area contributed by atoms with Crippen molar-refractivity contribution in [2.75, 3.05) is 0 Å². The molecule has 160 valence electrons. The molecule has 2 saturated carbocycles. The van der Waals surface area contributed by atoms with Crippen molar-refractivity contribution in [3.63, 3.8) is 0 Å². The molecule has 0 heterocycles. The molecule has 0 aliphatic heterocycles. The Balaban J connectivity index is 0.000000171. The molecule has 0 spiro atoms. The van der Waals surface area contributed by atoms with Gasteiger partial charge in [-0.2, -0.15) is 0 Å². The lowest BCUT2D eigenvalue weighted by atomic mass is 10.1. The van der Waals surface area contributed by atoms with Crippen molar-refractivity contribution in [2.45, 2.75) is 37.8 Å². The molecule has 0 aromatic heterocycles. The number of rotatable bonds is 4. The number of aromatic hydroxyl groups is 1. The highest BCUT2D eigenvalue weighted by Gasteiger charge is 2.27. The lowest BCUT2D eigenvalue weighted by Crippen LogP contribution is -2.27. The van der Waals surface area contributed by atoms with Gasteiger partial charge in [0.05, 0.1) is 0 Å². The van der Waals surface area contributed by atoms with Crippen molar-refractivity contribution >= 4 is 43.7 Å². The van der Waals surface area contributed by atoms with E-state index in [-0.39, 0.29) is 27.9 Å². The molecule has 2 amide bonds. The zero-order valence-corrected chi connectivity index (χ0v) is 18.6. The van der Waals surface area contributed by atoms with Gasteiger partial charge in [0.15, 0.2) is 0 Å². The summed E-state index contributed by atoms with van der Waals surface area (Å²) in [4.78, 5) is 23.0. The monoisotopic (exact) mass is 548 g/mol. The van der Waals surface area contributed by atoms with Crippen LogP contribution in [0.15, 0.2) is 33.2 Å². The fourth-order valence-corrected chi connectivity index (χ4v) is 3.33. The summed E-state index contributed by atoms with van der Waals surface area (Å²) in [6, 6.07) is 4.82. The van der Waals surface area contributed by atoms with Crippen molar-refractivity contribution in [3.05, 3.63) is 61.8 Å². The largest absolute Gasteiger partial charge is 0.507 e. The van der Waals surface area contributed by atoms with Gasteiger partial charge in [-0.1, -0.05) is 31.9 Å². The molecule has 2 aromatic rings. The second-order valence-corrected chi connectivity index (χ2v) is 8.85. The number of amides is 2. The molecule has 0 saturated heterocycles. The lowest BCUT2D eigenvalue weighted by Gasteiger charge is -2.07. The number of carbonyl (C=O) groups excluding carboxylic acids is 2. The SMILES string of the molecule is O=C(NC1CC1)c1c(F)cc(Br)cc1F.O=C(NC1CC1)c1c(O)cc(Br)cc1F. The minimum Gasteiger partial charge on any atom is -0.507 e. The topological polar surface area (TPSA) is 78.4 Å². The normalized spacial score (nSPS) is 15.1. The van der Waals surface area contributed by atoms with Crippen LogP contribution < -0.4 is 10.6 Å². The molecule has 0 unspecified atom stereocenters. The summed E-state index contributed by atoms with van der Waals surface area (Å²) in [5, 5.41) is 14.6. The van der Waals surface area contributed by atoms with Crippen molar-refractivity contribution < 1.29 is 27.9 Å². The van der Waals surface area contributed by atoms with Crippen LogP contribution in [0.25, 0.3) is 0 Å². The second-order valence-electron chi connectivity index (χ2n) is 7.02. The summed E-state index contributed by atoms with van der Waals surface area (Å²) in [6.45, 7) is 0. The van der Waals surface area contributed by atoms with Crippen LogP contribution in [-0.2, 0) is 0 Å². The van der Waals surface area contributed by atoms with Gasteiger partial charge in [0.1, 0.15) is 34.3 Å². The zero-order valence-electron chi connectivity index (χ0n) is 15.4. The van der Waals surface area contributed by atoms with Gasteiger partial charge in [-0.15, -0.1) is 0 Å². The molecule has 10 heteroatoms. The van der Waals surface area contributed by atoms with E-state index in [9.17, 15) is 27.9 Å². The molecule has 2 fully saturated rings. The summed E-state index contributed by atoms with van der Waals surface area (Å²) in [7, 11) is 0. The summed E-state index contributed by atoms with van der Waals surface area (Å²) in [5.74, 6) is -4.00. The van der Waals surface area contributed by atoms with E-state index >= 15 is 0 Å². The van der Waals surface area contributed by atoms with Crippen LogP contribution in [0.4, 0.5) is 13.2 Å². The Morgan fingerprint density at radius 1 is 0.767 bits per heavy atom. The maximum atomic E-state index is 13.4. The average Bonchev–Trinajstić information content (AvgIpc) is 3.50. The third-order valence-corrected chi connectivity index (χ3v) is 5.24. The van der Waals surface area contributed by atoms with Crippen LogP contribution in [0, 0.1) is 17.5 Å². The molecule has 2 aromatic carbocycles. The Hall–Kier alpha value is -2.07. The minimum atomic E-state index is -0.847. The van der Waals surface area contributed by atoms with Crippen molar-refractivity contribution in [2.24, 2.45) is 0 Å². The molecule has 2 aliphatic rings. The van der Waals surface area contributed by atoms with E-state index in [0.29, 0.717) is 4.47 Å². The van der Waals surface area contributed by atoms with E-state index in [1.54, 1.807) is 0 Å². The van der Waals surface area contributed by atoms with Gasteiger partial charge in [-0.05, 0) is 49.9 Å². The number of benzene rings is 2. The highest BCUT2D eigenvalue weighted by atomic mass is 79.9. The van der Waals surface area contributed by atoms with Crippen LogP contribution in [0.1, 0.15) is 46.4 Å². The van der Waals surface area contributed by atoms with Crippen LogP contribution in [-0.4, -0.2) is 29.0 Å². The number of nitrogens with one attached hydrogen (secondary N) is 2. The first-order valence-electron chi connectivity index (χ1n) is 9.10. The Morgan fingerprint density at radius 2 is 1.13 bits per heavy atom. The predicted octanol–water partition coefficient (Wildman–Crippen LogP) is 4.81. The fraction of sp³-hybridized carbons (Fsp3) is 0.300. The van der Waals surface area contributed by atoms with Crippen molar-refractivity contribution in [1.29, 1.82) is 0 Å². The van der Waals surface area contributed by atoms with Crippen molar-refractivity contribution in [3.8, 4) is 5.75 Å². The van der Waals surface area contributed by atoms with Gasteiger partial charge in [-0.25, -0.2) is 13.2 Å². The van der Waals surface area contributed by atoms with E-state index in [1.807, 2.05) is 0 Å². The quantitative estimate of drug-likeness (QED) is 0.512. The first-order valence-corrected chi connectivity index (χ1v) is 10.7. The van der Waals surface area contributed by atoms with Gasteiger partial charge in [0.2, 0.25) is 0 Å². The highest BCUT2D eigenvalue weighted by molar-refractivity contribution is 9.10. The Morgan fingerprint density at radius 3 is 1.53 bits per heavy atom. The number of halogens is 5. The van der Waals surface area contributed by atoms with E-state index in [1.165, 1.54) is 6.07 Å².